The van der Waals surface area contributed by atoms with Crippen LogP contribution in [0.15, 0.2) is 0 Å². The van der Waals surface area contributed by atoms with Gasteiger partial charge in [0.25, 0.3) is 9.70 Å². The van der Waals surface area contributed by atoms with Gasteiger partial charge in [-0.1, -0.05) is 76.3 Å². The summed E-state index contributed by atoms with van der Waals surface area (Å²) in [5.74, 6) is -0.262. The Bertz CT molecular complexity index is 303. The molecule has 0 saturated heterocycles. The molecule has 1 amide bonds. The first-order chi connectivity index (χ1) is 9.64. The molecule has 126 valence electrons. The predicted octanol–water partition coefficient (Wildman–Crippen LogP) is 6.20. The van der Waals surface area contributed by atoms with Crippen LogP contribution >= 0.6 is 34.8 Å². The zero-order valence-electron chi connectivity index (χ0n) is 14.2. The highest BCUT2D eigenvalue weighted by molar-refractivity contribution is 6.97. The molecular formula is C14H30Cl3NOSi2. The van der Waals surface area contributed by atoms with Crippen molar-refractivity contribution in [3.63, 3.8) is 0 Å². The molecule has 0 saturated carbocycles. The Hall–Kier alpha value is 0.774. The van der Waals surface area contributed by atoms with Gasteiger partial charge in [0, 0.05) is 0 Å². The summed E-state index contributed by atoms with van der Waals surface area (Å²) in [6.45, 7) is 13.2. The van der Waals surface area contributed by atoms with Crippen molar-refractivity contribution >= 4 is 57.2 Å². The average Bonchev–Trinajstić information content (AvgIpc) is 2.47. The maximum absolute atomic E-state index is 13.0. The van der Waals surface area contributed by atoms with Crippen LogP contribution in [0.3, 0.4) is 0 Å². The third kappa shape index (κ3) is 4.40. The van der Waals surface area contributed by atoms with Gasteiger partial charge in [0.15, 0.2) is 0 Å². The lowest BCUT2D eigenvalue weighted by molar-refractivity contribution is -0.123. The number of carbonyl (C=O) groups is 1. The maximum Gasteiger partial charge on any atom is 0.267 e. The van der Waals surface area contributed by atoms with Crippen molar-refractivity contribution in [1.29, 1.82) is 0 Å². The van der Waals surface area contributed by atoms with E-state index in [0.29, 0.717) is 0 Å². The Kier molecular flexibility index (Phi) is 8.89. The minimum absolute atomic E-state index is 0.262. The number of hydrogen-bond acceptors (Lipinski definition) is 1. The van der Waals surface area contributed by atoms with E-state index in [0.717, 1.165) is 36.3 Å². The number of rotatable bonds is 8. The Labute approximate surface area is 147 Å². The standard InChI is InChI=1S/C14H30Cl3NOSi2/c1-7-20(8-2,9-3)18(13(19)14(15,16)17)21(10-4,11-5)12-6/h7-12H2,1-6H3. The molecular weight excluding hydrogens is 361 g/mol. The molecule has 0 heterocycles. The second-order valence-electron chi connectivity index (χ2n) is 5.71. The highest BCUT2D eigenvalue weighted by atomic mass is 35.6. The molecule has 0 radical (unpaired) electrons. The summed E-state index contributed by atoms with van der Waals surface area (Å²) in [6.07, 6.45) is 0. The SMILES string of the molecule is CC[Si](CC)(CC)N(C(=O)C(Cl)(Cl)Cl)[Si](CC)(CC)CC. The van der Waals surface area contributed by atoms with Gasteiger partial charge in [-0.3, -0.25) is 4.79 Å². The largest absolute Gasteiger partial charge is 0.391 e. The van der Waals surface area contributed by atoms with Crippen LogP contribution in [0.1, 0.15) is 41.5 Å². The van der Waals surface area contributed by atoms with Gasteiger partial charge in [-0.25, -0.2) is 0 Å². The molecule has 0 rings (SSSR count). The maximum atomic E-state index is 13.0. The van der Waals surface area contributed by atoms with Gasteiger partial charge in [-0.2, -0.15) is 0 Å². The molecule has 0 aliphatic rings. The van der Waals surface area contributed by atoms with Crippen molar-refractivity contribution < 1.29 is 4.79 Å². The first kappa shape index (κ1) is 21.8. The number of hydrogen-bond donors (Lipinski definition) is 0. The van der Waals surface area contributed by atoms with Crippen LogP contribution in [0, 0.1) is 0 Å². The molecule has 0 spiro atoms. The summed E-state index contributed by atoms with van der Waals surface area (Å²) < 4.78 is 0.364. The van der Waals surface area contributed by atoms with Crippen LogP contribution in [-0.2, 0) is 4.79 Å². The molecule has 0 unspecified atom stereocenters. The zero-order valence-corrected chi connectivity index (χ0v) is 18.5. The molecule has 0 aliphatic heterocycles. The molecule has 21 heavy (non-hydrogen) atoms. The van der Waals surface area contributed by atoms with Crippen LogP contribution in [0.4, 0.5) is 0 Å². The summed E-state index contributed by atoms with van der Waals surface area (Å²) in [7, 11) is -3.85. The quantitative estimate of drug-likeness (QED) is 0.357. The van der Waals surface area contributed by atoms with Crippen LogP contribution in [0.25, 0.3) is 0 Å². The van der Waals surface area contributed by atoms with E-state index in [-0.39, 0.29) is 5.91 Å². The van der Waals surface area contributed by atoms with Crippen molar-refractivity contribution in [1.82, 2.24) is 4.23 Å². The van der Waals surface area contributed by atoms with Crippen LogP contribution in [-0.4, -0.2) is 30.4 Å². The number of halogens is 3. The van der Waals surface area contributed by atoms with Crippen LogP contribution in [0.2, 0.25) is 36.3 Å². The molecule has 0 atom stereocenters. The van der Waals surface area contributed by atoms with Crippen molar-refractivity contribution in [3.05, 3.63) is 0 Å². The molecule has 0 aromatic carbocycles. The average molecular weight is 391 g/mol. The van der Waals surface area contributed by atoms with Gasteiger partial charge in [-0.05, 0) is 36.3 Å². The van der Waals surface area contributed by atoms with Crippen molar-refractivity contribution in [3.8, 4) is 0 Å². The molecule has 0 fully saturated rings. The minimum Gasteiger partial charge on any atom is -0.391 e. The first-order valence-electron chi connectivity index (χ1n) is 8.06. The first-order valence-corrected chi connectivity index (χ1v) is 14.3. The summed E-state index contributed by atoms with van der Waals surface area (Å²) in [5.41, 5.74) is 0. The Morgan fingerprint density at radius 2 is 1.00 bits per heavy atom. The highest BCUT2D eigenvalue weighted by Crippen LogP contribution is 2.40. The van der Waals surface area contributed by atoms with Gasteiger partial charge in [-0.15, -0.1) is 0 Å². The summed E-state index contributed by atoms with van der Waals surface area (Å²) in [5, 5.41) is 0. The lowest BCUT2D eigenvalue weighted by Gasteiger charge is -2.53. The molecule has 0 aliphatic carbocycles. The van der Waals surface area contributed by atoms with Crippen molar-refractivity contribution in [2.75, 3.05) is 0 Å². The second kappa shape index (κ2) is 8.58. The Morgan fingerprint density at radius 1 is 0.762 bits per heavy atom. The molecule has 0 N–H and O–H groups in total. The number of carbonyl (C=O) groups excluding carboxylic acids is 1. The fraction of sp³-hybridized carbons (Fsp3) is 0.929. The van der Waals surface area contributed by atoms with Gasteiger partial charge in [0.05, 0.1) is 0 Å². The van der Waals surface area contributed by atoms with E-state index >= 15 is 0 Å². The van der Waals surface area contributed by atoms with Gasteiger partial charge in [0.2, 0.25) is 0 Å². The Morgan fingerprint density at radius 3 is 1.14 bits per heavy atom. The number of nitrogens with zero attached hydrogens (tertiary/aromatic N) is 1. The molecule has 0 aromatic rings. The molecule has 0 bridgehead atoms. The van der Waals surface area contributed by atoms with Gasteiger partial charge in [0.1, 0.15) is 16.5 Å². The lowest BCUT2D eigenvalue weighted by atomic mass is 10.7. The van der Waals surface area contributed by atoms with E-state index in [9.17, 15) is 4.79 Å². The molecule has 0 aromatic heterocycles. The summed E-state index contributed by atoms with van der Waals surface area (Å²) in [4.78, 5) is 13.0. The highest BCUT2D eigenvalue weighted by Gasteiger charge is 2.53. The number of amides is 1. The minimum atomic E-state index is -1.93. The fourth-order valence-corrected chi connectivity index (χ4v) is 17.2. The van der Waals surface area contributed by atoms with E-state index < -0.39 is 20.3 Å². The van der Waals surface area contributed by atoms with E-state index in [4.69, 9.17) is 34.8 Å². The van der Waals surface area contributed by atoms with E-state index in [2.05, 4.69) is 45.8 Å². The van der Waals surface area contributed by atoms with Gasteiger partial charge < -0.3 is 4.23 Å². The smallest absolute Gasteiger partial charge is 0.267 e. The number of alkyl halides is 3. The van der Waals surface area contributed by atoms with Crippen LogP contribution < -0.4 is 0 Å². The third-order valence-corrected chi connectivity index (χ3v) is 18.9. The van der Waals surface area contributed by atoms with E-state index in [1.54, 1.807) is 0 Å². The Balaban J connectivity index is 6.19. The van der Waals surface area contributed by atoms with Crippen LogP contribution in [0.5, 0.6) is 0 Å². The van der Waals surface area contributed by atoms with E-state index in [1.165, 1.54) is 0 Å². The van der Waals surface area contributed by atoms with Crippen molar-refractivity contribution in [2.45, 2.75) is 81.6 Å². The lowest BCUT2D eigenvalue weighted by Crippen LogP contribution is -2.69. The summed E-state index contributed by atoms with van der Waals surface area (Å²) >= 11 is 18.0. The molecule has 2 nitrogen and oxygen atoms in total. The van der Waals surface area contributed by atoms with E-state index in [1.807, 2.05) is 0 Å². The van der Waals surface area contributed by atoms with Crippen molar-refractivity contribution in [2.24, 2.45) is 0 Å². The third-order valence-electron chi connectivity index (χ3n) is 5.34. The molecule has 7 heteroatoms. The van der Waals surface area contributed by atoms with Gasteiger partial charge >= 0.3 is 0 Å². The predicted molar refractivity (Wildman–Crippen MR) is 102 cm³/mol. The summed E-state index contributed by atoms with van der Waals surface area (Å²) in [6, 6.07) is 6.17. The second-order valence-corrected chi connectivity index (χ2v) is 18.5. The fourth-order valence-electron chi connectivity index (χ4n) is 3.51. The normalized spacial score (nSPS) is 13.4. The topological polar surface area (TPSA) is 20.3 Å². The monoisotopic (exact) mass is 389 g/mol. The zero-order chi connectivity index (χ0) is 16.9.